The number of carbonyl (C=O) groups is 1. The number of ether oxygens (including phenoxy) is 2. The quantitative estimate of drug-likeness (QED) is 0.416. The van der Waals surface area contributed by atoms with E-state index in [-0.39, 0.29) is 6.61 Å². The third kappa shape index (κ3) is 4.54. The predicted molar refractivity (Wildman–Crippen MR) is 106 cm³/mol. The molecule has 8 heteroatoms. The number of rotatable bonds is 6. The van der Waals surface area contributed by atoms with Crippen molar-refractivity contribution in [1.29, 1.82) is 0 Å². The molecular weight excluding hydrogens is 392 g/mol. The summed E-state index contributed by atoms with van der Waals surface area (Å²) in [5.74, 6) is -0.418. The van der Waals surface area contributed by atoms with Gasteiger partial charge in [0.05, 0.1) is 25.9 Å². The summed E-state index contributed by atoms with van der Waals surface area (Å²) in [5.41, 5.74) is 3.20. The Morgan fingerprint density at radius 1 is 0.967 bits per heavy atom. The largest absolute Gasteiger partial charge is 0.465 e. The Bertz CT molecular complexity index is 864. The molecule has 0 saturated carbocycles. The van der Waals surface area contributed by atoms with Gasteiger partial charge in [-0.25, -0.2) is 4.79 Å². The molecule has 5 N–H and O–H groups in total. The Morgan fingerprint density at radius 2 is 1.63 bits per heavy atom. The van der Waals surface area contributed by atoms with Gasteiger partial charge in [-0.1, -0.05) is 30.3 Å². The minimum absolute atomic E-state index is 0.307. The van der Waals surface area contributed by atoms with Crippen LogP contribution in [0.3, 0.4) is 0 Å². The van der Waals surface area contributed by atoms with Gasteiger partial charge in [0, 0.05) is 0 Å². The maximum atomic E-state index is 11.6. The SMILES string of the molecule is COC(=O)c1ccc(Cc2ccc(CO)c([C@@H]3O[C@H](CO)[C@@H](O)[C@H](O)[C@H]3O)c2)cc1. The fraction of sp³-hybridized carbons (Fsp3) is 0.409. The van der Waals surface area contributed by atoms with Crippen LogP contribution < -0.4 is 0 Å². The van der Waals surface area contributed by atoms with Crippen molar-refractivity contribution < 1.29 is 39.8 Å². The molecule has 2 aromatic rings. The van der Waals surface area contributed by atoms with Crippen LogP contribution in [0.4, 0.5) is 0 Å². The molecule has 0 bridgehead atoms. The van der Waals surface area contributed by atoms with Gasteiger partial charge in [-0.05, 0) is 40.8 Å². The molecule has 1 heterocycles. The monoisotopic (exact) mass is 418 g/mol. The van der Waals surface area contributed by atoms with Crippen LogP contribution in [0.5, 0.6) is 0 Å². The summed E-state index contributed by atoms with van der Waals surface area (Å²) in [6.07, 6.45) is -5.92. The van der Waals surface area contributed by atoms with Gasteiger partial charge in [0.25, 0.3) is 0 Å². The molecule has 1 saturated heterocycles. The molecule has 3 rings (SSSR count). The molecule has 162 valence electrons. The summed E-state index contributed by atoms with van der Waals surface area (Å²) >= 11 is 0. The van der Waals surface area contributed by atoms with Crippen LogP contribution in [0.2, 0.25) is 0 Å². The van der Waals surface area contributed by atoms with Gasteiger partial charge in [-0.2, -0.15) is 0 Å². The normalized spacial score (nSPS) is 26.4. The zero-order valence-corrected chi connectivity index (χ0v) is 16.5. The maximum Gasteiger partial charge on any atom is 0.337 e. The van der Waals surface area contributed by atoms with Crippen molar-refractivity contribution in [3.05, 3.63) is 70.3 Å². The molecule has 0 radical (unpaired) electrons. The summed E-state index contributed by atoms with van der Waals surface area (Å²) in [4.78, 5) is 11.6. The highest BCUT2D eigenvalue weighted by atomic mass is 16.5. The van der Waals surface area contributed by atoms with E-state index >= 15 is 0 Å². The Balaban J connectivity index is 1.87. The van der Waals surface area contributed by atoms with Gasteiger partial charge in [-0.3, -0.25) is 0 Å². The zero-order valence-electron chi connectivity index (χ0n) is 16.5. The highest BCUT2D eigenvalue weighted by Crippen LogP contribution is 2.35. The molecule has 5 atom stereocenters. The molecule has 30 heavy (non-hydrogen) atoms. The first-order valence-electron chi connectivity index (χ1n) is 9.60. The molecule has 0 aliphatic carbocycles. The average molecular weight is 418 g/mol. The third-order valence-corrected chi connectivity index (χ3v) is 5.36. The van der Waals surface area contributed by atoms with E-state index in [2.05, 4.69) is 0 Å². The molecule has 0 unspecified atom stereocenters. The van der Waals surface area contributed by atoms with E-state index < -0.39 is 43.1 Å². The first kappa shape index (κ1) is 22.4. The van der Waals surface area contributed by atoms with E-state index in [0.29, 0.717) is 23.1 Å². The first-order chi connectivity index (χ1) is 14.4. The second kappa shape index (κ2) is 9.65. The molecule has 0 aromatic heterocycles. The van der Waals surface area contributed by atoms with E-state index in [1.165, 1.54) is 7.11 Å². The van der Waals surface area contributed by atoms with E-state index in [0.717, 1.165) is 11.1 Å². The lowest BCUT2D eigenvalue weighted by molar-refractivity contribution is -0.232. The zero-order chi connectivity index (χ0) is 21.8. The lowest BCUT2D eigenvalue weighted by atomic mass is 9.88. The van der Waals surface area contributed by atoms with Crippen LogP contribution >= 0.6 is 0 Å². The molecule has 8 nitrogen and oxygen atoms in total. The van der Waals surface area contributed by atoms with Crippen LogP contribution in [0.1, 0.15) is 38.7 Å². The van der Waals surface area contributed by atoms with E-state index in [1.54, 1.807) is 36.4 Å². The van der Waals surface area contributed by atoms with Crippen molar-refractivity contribution in [2.24, 2.45) is 0 Å². The molecule has 0 spiro atoms. The maximum absolute atomic E-state index is 11.6. The van der Waals surface area contributed by atoms with Crippen LogP contribution in [-0.2, 0) is 22.5 Å². The van der Waals surface area contributed by atoms with E-state index in [1.807, 2.05) is 6.07 Å². The molecule has 1 aliphatic rings. The average Bonchev–Trinajstić information content (AvgIpc) is 2.77. The van der Waals surface area contributed by atoms with Crippen molar-refractivity contribution in [3.63, 3.8) is 0 Å². The number of carbonyl (C=O) groups excluding carboxylic acids is 1. The van der Waals surface area contributed by atoms with Crippen LogP contribution in [0.15, 0.2) is 42.5 Å². The summed E-state index contributed by atoms with van der Waals surface area (Å²) in [6.45, 7) is -0.833. The van der Waals surface area contributed by atoms with Gasteiger partial charge in [-0.15, -0.1) is 0 Å². The fourth-order valence-electron chi connectivity index (χ4n) is 3.63. The summed E-state index contributed by atoms with van der Waals surface area (Å²) < 4.78 is 10.3. The number of methoxy groups -OCH3 is 1. The second-order valence-electron chi connectivity index (χ2n) is 7.31. The lowest BCUT2D eigenvalue weighted by Crippen LogP contribution is -2.55. The van der Waals surface area contributed by atoms with Crippen molar-refractivity contribution in [2.45, 2.75) is 43.5 Å². The molecule has 1 fully saturated rings. The Hall–Kier alpha value is -2.33. The Morgan fingerprint density at radius 3 is 2.23 bits per heavy atom. The number of aliphatic hydroxyl groups is 5. The summed E-state index contributed by atoms with van der Waals surface area (Å²) in [7, 11) is 1.32. The minimum Gasteiger partial charge on any atom is -0.465 e. The third-order valence-electron chi connectivity index (χ3n) is 5.36. The second-order valence-corrected chi connectivity index (χ2v) is 7.31. The van der Waals surface area contributed by atoms with E-state index in [4.69, 9.17) is 9.47 Å². The number of aliphatic hydroxyl groups excluding tert-OH is 5. The number of hydrogen-bond donors (Lipinski definition) is 5. The van der Waals surface area contributed by atoms with Gasteiger partial charge in [0.15, 0.2) is 0 Å². The smallest absolute Gasteiger partial charge is 0.337 e. The van der Waals surface area contributed by atoms with Crippen LogP contribution in [-0.4, -0.2) is 69.6 Å². The summed E-state index contributed by atoms with van der Waals surface area (Å²) in [5, 5.41) is 49.7. The van der Waals surface area contributed by atoms with Crippen LogP contribution in [0, 0.1) is 0 Å². The molecule has 2 aromatic carbocycles. The highest BCUT2D eigenvalue weighted by Gasteiger charge is 2.44. The van der Waals surface area contributed by atoms with Gasteiger partial charge < -0.3 is 35.0 Å². The topological polar surface area (TPSA) is 137 Å². The highest BCUT2D eigenvalue weighted by molar-refractivity contribution is 5.89. The van der Waals surface area contributed by atoms with Crippen molar-refractivity contribution >= 4 is 5.97 Å². The standard InChI is InChI=1S/C22H26O8/c1-29-22(28)14-5-2-12(3-6-14)8-13-4-7-15(10-23)16(9-13)21-20(27)19(26)18(25)17(11-24)30-21/h2-7,9,17-21,23-27H,8,10-11H2,1H3/t17-,18-,19+,20-,21+/m1/s1. The molecule has 0 amide bonds. The van der Waals surface area contributed by atoms with Crippen molar-refractivity contribution in [2.75, 3.05) is 13.7 Å². The lowest BCUT2D eigenvalue weighted by Gasteiger charge is -2.40. The predicted octanol–water partition coefficient (Wildman–Crippen LogP) is 0.0712. The van der Waals surface area contributed by atoms with Crippen LogP contribution in [0.25, 0.3) is 0 Å². The number of esters is 1. The Labute approximate surface area is 173 Å². The van der Waals surface area contributed by atoms with Gasteiger partial charge in [0.1, 0.15) is 30.5 Å². The number of benzene rings is 2. The Kier molecular flexibility index (Phi) is 7.19. The minimum atomic E-state index is -1.50. The summed E-state index contributed by atoms with van der Waals surface area (Å²) in [6, 6.07) is 12.2. The van der Waals surface area contributed by atoms with Crippen molar-refractivity contribution in [1.82, 2.24) is 0 Å². The van der Waals surface area contributed by atoms with Crippen molar-refractivity contribution in [3.8, 4) is 0 Å². The van der Waals surface area contributed by atoms with Gasteiger partial charge in [0.2, 0.25) is 0 Å². The molecular formula is C22H26O8. The fourth-order valence-corrected chi connectivity index (χ4v) is 3.63. The molecule has 1 aliphatic heterocycles. The first-order valence-corrected chi connectivity index (χ1v) is 9.60. The number of hydrogen-bond acceptors (Lipinski definition) is 8. The van der Waals surface area contributed by atoms with E-state index in [9.17, 15) is 30.3 Å². The van der Waals surface area contributed by atoms with Gasteiger partial charge >= 0.3 is 5.97 Å².